The number of benzene rings is 2. The number of carboxylic acids is 1. The molecule has 2 heterocycles. The van der Waals surface area contributed by atoms with Gasteiger partial charge in [0, 0.05) is 23.1 Å². The summed E-state index contributed by atoms with van der Waals surface area (Å²) in [4.78, 5) is 10.9. The highest BCUT2D eigenvalue weighted by Crippen LogP contribution is 2.32. The van der Waals surface area contributed by atoms with Gasteiger partial charge in [-0.25, -0.2) is 9.18 Å². The molecule has 2 N–H and O–H groups in total. The van der Waals surface area contributed by atoms with Crippen molar-refractivity contribution in [1.82, 2.24) is 15.4 Å². The molecule has 0 saturated heterocycles. The number of fused-ring (bicyclic) bond motifs is 1. The number of carbonyl (C=O) groups is 1. The summed E-state index contributed by atoms with van der Waals surface area (Å²) in [5.74, 6) is -1.04. The lowest BCUT2D eigenvalue weighted by Gasteiger charge is -2.01. The van der Waals surface area contributed by atoms with Crippen LogP contribution in [0.1, 0.15) is 10.4 Å². The van der Waals surface area contributed by atoms with Gasteiger partial charge in [0.1, 0.15) is 11.4 Å². The van der Waals surface area contributed by atoms with E-state index in [2.05, 4.69) is 15.4 Å². The Labute approximate surface area is 146 Å². The molecular weight excluding hydrogens is 341 g/mol. The van der Waals surface area contributed by atoms with Crippen molar-refractivity contribution < 1.29 is 23.6 Å². The van der Waals surface area contributed by atoms with Gasteiger partial charge in [0.2, 0.25) is 0 Å². The molecule has 0 atom stereocenters. The minimum Gasteiger partial charge on any atom is -0.494 e. The molecule has 0 aliphatic rings. The van der Waals surface area contributed by atoms with Gasteiger partial charge < -0.3 is 14.4 Å². The zero-order valence-corrected chi connectivity index (χ0v) is 13.5. The highest BCUT2D eigenvalue weighted by Gasteiger charge is 2.17. The fourth-order valence-corrected chi connectivity index (χ4v) is 2.67. The Balaban J connectivity index is 1.73. The zero-order chi connectivity index (χ0) is 18.3. The van der Waals surface area contributed by atoms with Crippen molar-refractivity contribution in [3.05, 3.63) is 53.8 Å². The predicted octanol–water partition coefficient (Wildman–Crippen LogP) is 3.73. The maximum atomic E-state index is 14.0. The van der Waals surface area contributed by atoms with Crippen LogP contribution in [-0.4, -0.2) is 33.5 Å². The second-order valence-corrected chi connectivity index (χ2v) is 5.56. The number of hydrogen-bond donors (Lipinski definition) is 2. The normalized spacial score (nSPS) is 11.0. The quantitative estimate of drug-likeness (QED) is 0.580. The number of nitrogens with zero attached hydrogens (tertiary/aromatic N) is 2. The third kappa shape index (κ3) is 2.57. The minimum atomic E-state index is -1.00. The van der Waals surface area contributed by atoms with E-state index >= 15 is 0 Å². The molecule has 0 radical (unpaired) electrons. The van der Waals surface area contributed by atoms with Crippen LogP contribution in [0.4, 0.5) is 4.39 Å². The van der Waals surface area contributed by atoms with E-state index in [0.717, 1.165) is 0 Å². The lowest BCUT2D eigenvalue weighted by atomic mass is 10.1. The van der Waals surface area contributed by atoms with Crippen LogP contribution in [0, 0.1) is 5.82 Å². The Morgan fingerprint density at radius 3 is 2.69 bits per heavy atom. The molecule has 4 rings (SSSR count). The first kappa shape index (κ1) is 15.8. The number of rotatable bonds is 4. The molecule has 4 aromatic rings. The number of nitrogens with one attached hydrogen (secondary N) is 1. The molecule has 2 aromatic heterocycles. The molecular formula is C18H12FN3O4. The molecule has 26 heavy (non-hydrogen) atoms. The highest BCUT2D eigenvalue weighted by atomic mass is 19.1. The standard InChI is InChI=1S/C18H12FN3O4/c1-25-15-8-14-11(6-12(15)19)17(21-20-14)16-7-13(22-26-16)9-2-4-10(5-3-9)18(23)24/h2-8H,1H3,(H,20,21)(H,23,24). The largest absolute Gasteiger partial charge is 0.494 e. The van der Waals surface area contributed by atoms with E-state index in [1.165, 1.54) is 31.4 Å². The summed E-state index contributed by atoms with van der Waals surface area (Å²) in [6, 6.07) is 10.7. The van der Waals surface area contributed by atoms with Crippen molar-refractivity contribution in [2.75, 3.05) is 7.11 Å². The first-order valence-corrected chi connectivity index (χ1v) is 7.59. The van der Waals surface area contributed by atoms with Gasteiger partial charge in [-0.15, -0.1) is 0 Å². The summed E-state index contributed by atoms with van der Waals surface area (Å²) in [5, 5.41) is 20.4. The van der Waals surface area contributed by atoms with Gasteiger partial charge in [0.25, 0.3) is 0 Å². The fraction of sp³-hybridized carbons (Fsp3) is 0.0556. The molecule has 0 fully saturated rings. The second-order valence-electron chi connectivity index (χ2n) is 5.56. The number of hydrogen-bond acceptors (Lipinski definition) is 5. The van der Waals surface area contributed by atoms with Gasteiger partial charge in [0.05, 0.1) is 18.2 Å². The van der Waals surface area contributed by atoms with Crippen LogP contribution < -0.4 is 4.74 Å². The molecule has 130 valence electrons. The van der Waals surface area contributed by atoms with E-state index in [1.807, 2.05) is 0 Å². The van der Waals surface area contributed by atoms with Crippen LogP contribution in [0.5, 0.6) is 5.75 Å². The van der Waals surface area contributed by atoms with Crippen molar-refractivity contribution in [2.45, 2.75) is 0 Å². The maximum absolute atomic E-state index is 14.0. The number of aromatic nitrogens is 3. The molecule has 2 aromatic carbocycles. The molecule has 0 aliphatic heterocycles. The second kappa shape index (κ2) is 5.99. The van der Waals surface area contributed by atoms with E-state index in [-0.39, 0.29) is 11.3 Å². The summed E-state index contributed by atoms with van der Waals surface area (Å²) in [7, 11) is 1.39. The third-order valence-corrected chi connectivity index (χ3v) is 4.01. The Morgan fingerprint density at radius 2 is 2.00 bits per heavy atom. The molecule has 0 unspecified atom stereocenters. The van der Waals surface area contributed by atoms with Crippen LogP contribution in [0.15, 0.2) is 47.0 Å². The lowest BCUT2D eigenvalue weighted by Crippen LogP contribution is -1.94. The lowest BCUT2D eigenvalue weighted by molar-refractivity contribution is 0.0697. The van der Waals surface area contributed by atoms with E-state index < -0.39 is 11.8 Å². The van der Waals surface area contributed by atoms with Crippen LogP contribution in [0.25, 0.3) is 33.6 Å². The number of ether oxygens (including phenoxy) is 1. The Kier molecular flexibility index (Phi) is 3.65. The average molecular weight is 353 g/mol. The van der Waals surface area contributed by atoms with Gasteiger partial charge in [-0.05, 0) is 18.2 Å². The van der Waals surface area contributed by atoms with Crippen LogP contribution >= 0.6 is 0 Å². The minimum absolute atomic E-state index is 0.115. The van der Waals surface area contributed by atoms with Gasteiger partial charge >= 0.3 is 5.97 Å². The molecule has 0 amide bonds. The number of aromatic carboxylic acids is 1. The Hall–Kier alpha value is -3.68. The maximum Gasteiger partial charge on any atom is 0.335 e. The van der Waals surface area contributed by atoms with Crippen molar-refractivity contribution in [3.63, 3.8) is 0 Å². The van der Waals surface area contributed by atoms with Crippen molar-refractivity contribution in [1.29, 1.82) is 0 Å². The molecule has 0 bridgehead atoms. The number of carboxylic acid groups (broad SMARTS) is 1. The molecule has 0 saturated carbocycles. The number of H-pyrrole nitrogens is 1. The number of halogens is 1. The van der Waals surface area contributed by atoms with Crippen molar-refractivity contribution in [2.24, 2.45) is 0 Å². The first-order chi connectivity index (χ1) is 12.6. The smallest absolute Gasteiger partial charge is 0.335 e. The predicted molar refractivity (Wildman–Crippen MR) is 90.5 cm³/mol. The first-order valence-electron chi connectivity index (χ1n) is 7.59. The Morgan fingerprint density at radius 1 is 1.23 bits per heavy atom. The van der Waals surface area contributed by atoms with Crippen LogP contribution in [0.3, 0.4) is 0 Å². The third-order valence-electron chi connectivity index (χ3n) is 4.01. The van der Waals surface area contributed by atoms with E-state index in [0.29, 0.717) is 33.6 Å². The van der Waals surface area contributed by atoms with Crippen LogP contribution in [0.2, 0.25) is 0 Å². The van der Waals surface area contributed by atoms with Gasteiger partial charge in [-0.1, -0.05) is 17.3 Å². The molecule has 8 heteroatoms. The molecule has 0 aliphatic carbocycles. The Bertz CT molecular complexity index is 1120. The van der Waals surface area contributed by atoms with E-state index in [4.69, 9.17) is 14.4 Å². The van der Waals surface area contributed by atoms with Crippen LogP contribution in [-0.2, 0) is 0 Å². The van der Waals surface area contributed by atoms with E-state index in [9.17, 15) is 9.18 Å². The number of aromatic amines is 1. The van der Waals surface area contributed by atoms with Gasteiger partial charge in [-0.3, -0.25) is 5.10 Å². The summed E-state index contributed by atoms with van der Waals surface area (Å²) < 4.78 is 24.3. The topological polar surface area (TPSA) is 101 Å². The fourth-order valence-electron chi connectivity index (χ4n) is 2.67. The van der Waals surface area contributed by atoms with Crippen molar-refractivity contribution >= 4 is 16.9 Å². The summed E-state index contributed by atoms with van der Waals surface area (Å²) in [6.07, 6.45) is 0. The number of methoxy groups -OCH3 is 1. The summed E-state index contributed by atoms with van der Waals surface area (Å²) in [6.45, 7) is 0. The van der Waals surface area contributed by atoms with Crippen molar-refractivity contribution in [3.8, 4) is 28.5 Å². The average Bonchev–Trinajstić information content (AvgIpc) is 3.27. The summed E-state index contributed by atoms with van der Waals surface area (Å²) >= 11 is 0. The monoisotopic (exact) mass is 353 g/mol. The SMILES string of the molecule is COc1cc2[nH]nc(-c3cc(-c4ccc(C(=O)O)cc4)no3)c2cc1F. The van der Waals surface area contributed by atoms with E-state index in [1.54, 1.807) is 18.2 Å². The zero-order valence-electron chi connectivity index (χ0n) is 13.5. The molecule has 0 spiro atoms. The van der Waals surface area contributed by atoms with Gasteiger partial charge in [0.15, 0.2) is 17.3 Å². The molecule has 7 nitrogen and oxygen atoms in total. The highest BCUT2D eigenvalue weighted by molar-refractivity contribution is 5.93. The summed E-state index contributed by atoms with van der Waals surface area (Å²) in [5.41, 5.74) is 2.41. The van der Waals surface area contributed by atoms with Gasteiger partial charge in [-0.2, -0.15) is 5.10 Å².